The summed E-state index contributed by atoms with van der Waals surface area (Å²) >= 11 is 1.89. The molecule has 0 fully saturated rings. The van der Waals surface area contributed by atoms with Gasteiger partial charge in [-0.25, -0.2) is 0 Å². The Morgan fingerprint density at radius 3 is 1.71 bits per heavy atom. The maximum absolute atomic E-state index is 2.46. The van der Waals surface area contributed by atoms with E-state index >= 15 is 0 Å². The van der Waals surface area contributed by atoms with E-state index in [0.717, 1.165) is 11.4 Å². The van der Waals surface area contributed by atoms with Gasteiger partial charge in [-0.3, -0.25) is 0 Å². The third kappa shape index (κ3) is 4.92. The van der Waals surface area contributed by atoms with Crippen molar-refractivity contribution in [3.8, 4) is 33.4 Å². The highest BCUT2D eigenvalue weighted by Crippen LogP contribution is 2.54. The zero-order valence-electron chi connectivity index (χ0n) is 30.8. The van der Waals surface area contributed by atoms with E-state index in [1.807, 2.05) is 11.3 Å². The Labute approximate surface area is 325 Å². The topological polar surface area (TPSA) is 3.24 Å². The Kier molecular flexibility index (Phi) is 7.14. The summed E-state index contributed by atoms with van der Waals surface area (Å²) in [5.41, 5.74) is 13.7. The summed E-state index contributed by atoms with van der Waals surface area (Å²) in [6, 6.07) is 69.5. The molecule has 1 aliphatic rings. The van der Waals surface area contributed by atoms with Crippen LogP contribution in [-0.4, -0.2) is 0 Å². The number of benzene rings is 9. The molecule has 0 unspecified atom stereocenters. The Bertz CT molecular complexity index is 3110. The second kappa shape index (κ2) is 12.3. The fourth-order valence-corrected chi connectivity index (χ4v) is 10.4. The van der Waals surface area contributed by atoms with Gasteiger partial charge in [-0.2, -0.15) is 0 Å². The number of hydrogen-bond donors (Lipinski definition) is 0. The first-order valence-corrected chi connectivity index (χ1v) is 19.9. The molecule has 1 nitrogen and oxygen atoms in total. The van der Waals surface area contributed by atoms with Crippen molar-refractivity contribution in [2.24, 2.45) is 0 Å². The van der Waals surface area contributed by atoms with E-state index in [-0.39, 0.29) is 5.41 Å². The Balaban J connectivity index is 1.06. The molecule has 10 aromatic rings. The van der Waals surface area contributed by atoms with Crippen LogP contribution in [0.25, 0.3) is 75.1 Å². The minimum absolute atomic E-state index is 0.0934. The van der Waals surface area contributed by atoms with Crippen LogP contribution in [0.2, 0.25) is 0 Å². The number of rotatable bonds is 5. The van der Waals surface area contributed by atoms with E-state index in [1.165, 1.54) is 91.9 Å². The first-order valence-electron chi connectivity index (χ1n) is 19.1. The van der Waals surface area contributed by atoms with Crippen molar-refractivity contribution in [2.45, 2.75) is 19.3 Å². The van der Waals surface area contributed by atoms with Crippen LogP contribution in [0.3, 0.4) is 0 Å². The Hall–Kier alpha value is -6.48. The first-order chi connectivity index (χ1) is 27.0. The molecule has 0 spiro atoms. The third-order valence-corrected chi connectivity index (χ3v) is 13.1. The molecule has 55 heavy (non-hydrogen) atoms. The zero-order chi connectivity index (χ0) is 36.7. The van der Waals surface area contributed by atoms with E-state index in [4.69, 9.17) is 0 Å². The molecule has 0 bridgehead atoms. The second-order valence-corrected chi connectivity index (χ2v) is 16.3. The molecule has 0 amide bonds. The molecule has 0 saturated carbocycles. The summed E-state index contributed by atoms with van der Waals surface area (Å²) in [6.07, 6.45) is 0. The summed E-state index contributed by atoms with van der Waals surface area (Å²) in [7, 11) is 0. The third-order valence-electron chi connectivity index (χ3n) is 11.9. The van der Waals surface area contributed by atoms with Crippen molar-refractivity contribution in [3.63, 3.8) is 0 Å². The maximum Gasteiger partial charge on any atom is 0.0543 e. The lowest BCUT2D eigenvalue weighted by Crippen LogP contribution is -2.16. The van der Waals surface area contributed by atoms with Gasteiger partial charge in [-0.1, -0.05) is 166 Å². The molecule has 1 heterocycles. The van der Waals surface area contributed by atoms with Crippen LogP contribution in [0, 0.1) is 0 Å². The molecule has 260 valence electrons. The monoisotopic (exact) mass is 719 g/mol. The van der Waals surface area contributed by atoms with Gasteiger partial charge in [0.2, 0.25) is 0 Å². The highest BCUT2D eigenvalue weighted by Gasteiger charge is 2.37. The van der Waals surface area contributed by atoms with Gasteiger partial charge in [0, 0.05) is 47.9 Å². The summed E-state index contributed by atoms with van der Waals surface area (Å²) in [5, 5.41) is 7.80. The number of anilines is 3. The lowest BCUT2D eigenvalue weighted by molar-refractivity contribution is 0.660. The van der Waals surface area contributed by atoms with Crippen molar-refractivity contribution < 1.29 is 0 Å². The zero-order valence-corrected chi connectivity index (χ0v) is 31.6. The Morgan fingerprint density at radius 2 is 0.927 bits per heavy atom. The van der Waals surface area contributed by atoms with Crippen LogP contribution in [-0.2, 0) is 5.41 Å². The largest absolute Gasteiger partial charge is 0.310 e. The molecule has 0 N–H and O–H groups in total. The average Bonchev–Trinajstić information content (AvgIpc) is 3.74. The fourth-order valence-electron chi connectivity index (χ4n) is 9.20. The molecule has 1 aromatic heterocycles. The number of hydrogen-bond acceptors (Lipinski definition) is 2. The van der Waals surface area contributed by atoms with Crippen LogP contribution < -0.4 is 4.90 Å². The van der Waals surface area contributed by atoms with Crippen LogP contribution in [0.1, 0.15) is 25.0 Å². The molecule has 0 saturated heterocycles. The molecule has 0 radical (unpaired) electrons. The summed E-state index contributed by atoms with van der Waals surface area (Å²) < 4.78 is 2.69. The SMILES string of the molecule is CC1(C)c2ccccc2-c2c(N(c3ccc(-c4cccc5ccccc45)cc3)c3ccc(-c4cccc5c4ccc4c6ccccc6sc54)cc3)cccc21. The van der Waals surface area contributed by atoms with Crippen LogP contribution in [0.15, 0.2) is 188 Å². The van der Waals surface area contributed by atoms with Crippen LogP contribution >= 0.6 is 11.3 Å². The van der Waals surface area contributed by atoms with Gasteiger partial charge in [0.25, 0.3) is 0 Å². The number of fused-ring (bicyclic) bond motifs is 9. The quantitative estimate of drug-likeness (QED) is 0.171. The predicted octanol–water partition coefficient (Wildman–Crippen LogP) is 15.5. The molecule has 1 aliphatic carbocycles. The molecule has 11 rings (SSSR count). The second-order valence-electron chi connectivity index (χ2n) is 15.3. The van der Waals surface area contributed by atoms with E-state index < -0.39 is 0 Å². The van der Waals surface area contributed by atoms with E-state index in [1.54, 1.807) is 0 Å². The molecule has 0 atom stereocenters. The molecule has 9 aromatic carbocycles. The van der Waals surface area contributed by atoms with E-state index in [2.05, 4.69) is 207 Å². The highest BCUT2D eigenvalue weighted by atomic mass is 32.1. The molecular formula is C53H37NS. The van der Waals surface area contributed by atoms with Crippen molar-refractivity contribution in [1.29, 1.82) is 0 Å². The van der Waals surface area contributed by atoms with Gasteiger partial charge in [0.1, 0.15) is 0 Å². The Morgan fingerprint density at radius 1 is 0.400 bits per heavy atom. The van der Waals surface area contributed by atoms with E-state index in [0.29, 0.717) is 0 Å². The number of nitrogens with zero attached hydrogens (tertiary/aromatic N) is 1. The van der Waals surface area contributed by atoms with Gasteiger partial charge in [-0.05, 0) is 91.5 Å². The highest BCUT2D eigenvalue weighted by molar-refractivity contribution is 7.26. The summed E-state index contributed by atoms with van der Waals surface area (Å²) in [6.45, 7) is 4.71. The average molecular weight is 720 g/mol. The smallest absolute Gasteiger partial charge is 0.0543 e. The lowest BCUT2D eigenvalue weighted by Gasteiger charge is -2.29. The lowest BCUT2D eigenvalue weighted by atomic mass is 9.82. The van der Waals surface area contributed by atoms with Gasteiger partial charge >= 0.3 is 0 Å². The van der Waals surface area contributed by atoms with Gasteiger partial charge < -0.3 is 4.90 Å². The summed E-state index contributed by atoms with van der Waals surface area (Å²) in [4.78, 5) is 2.46. The van der Waals surface area contributed by atoms with Gasteiger partial charge in [0.05, 0.1) is 5.69 Å². The van der Waals surface area contributed by atoms with Gasteiger partial charge in [0.15, 0.2) is 0 Å². The van der Waals surface area contributed by atoms with E-state index in [9.17, 15) is 0 Å². The minimum atomic E-state index is -0.0934. The van der Waals surface area contributed by atoms with Crippen molar-refractivity contribution in [3.05, 3.63) is 199 Å². The van der Waals surface area contributed by atoms with Crippen molar-refractivity contribution >= 4 is 70.1 Å². The van der Waals surface area contributed by atoms with Crippen molar-refractivity contribution in [2.75, 3.05) is 4.90 Å². The van der Waals surface area contributed by atoms with Gasteiger partial charge in [-0.15, -0.1) is 11.3 Å². The summed E-state index contributed by atoms with van der Waals surface area (Å²) in [5.74, 6) is 0. The van der Waals surface area contributed by atoms with Crippen molar-refractivity contribution in [1.82, 2.24) is 0 Å². The first kappa shape index (κ1) is 32.0. The predicted molar refractivity (Wildman–Crippen MR) is 237 cm³/mol. The fraction of sp³-hybridized carbons (Fsp3) is 0.0566. The normalized spacial score (nSPS) is 13.1. The molecular weight excluding hydrogens is 683 g/mol. The minimum Gasteiger partial charge on any atom is -0.310 e. The number of thiophene rings is 1. The molecule has 0 aliphatic heterocycles. The molecule has 2 heteroatoms. The standard InChI is InChI=1S/C53H37NS/c1-53(2)47-20-7-5-16-46(47)51-48(53)21-11-22-49(51)54(37-28-24-35(25-29-37)40-17-9-13-34-12-3-4-14-39(34)40)38-30-26-36(27-31-38)41-18-10-19-44-42(41)32-33-45-43-15-6-8-23-50(43)55-52(44)45/h3-33H,1-2H3. The van der Waals surface area contributed by atoms with Crippen LogP contribution in [0.5, 0.6) is 0 Å². The van der Waals surface area contributed by atoms with Crippen LogP contribution in [0.4, 0.5) is 17.1 Å². The maximum atomic E-state index is 2.46.